The SMILES string of the molecule is Fc1ccccc1-c1noc(-c2ncn3c2CO[C@@H](c2ccccc2F)C3)n1. The average Bonchev–Trinajstić information content (AvgIpc) is 3.35. The standard InChI is InChI=1S/C20H14F2N4O2/c21-14-7-3-1-5-12(14)17-9-26-11-23-18(16(26)10-27-17)20-24-19(25-28-20)13-6-2-4-8-15(13)22/h1-8,11,17H,9-10H2/t17-/m1/s1. The van der Waals surface area contributed by atoms with Crippen LogP contribution in [0.5, 0.6) is 0 Å². The predicted octanol–water partition coefficient (Wildman–Crippen LogP) is 4.15. The zero-order valence-corrected chi connectivity index (χ0v) is 14.5. The van der Waals surface area contributed by atoms with Crippen molar-refractivity contribution in [1.82, 2.24) is 19.7 Å². The highest BCUT2D eigenvalue weighted by Gasteiger charge is 2.28. The van der Waals surface area contributed by atoms with Gasteiger partial charge in [-0.25, -0.2) is 13.8 Å². The second kappa shape index (κ2) is 6.65. The molecule has 1 aliphatic heterocycles. The van der Waals surface area contributed by atoms with E-state index in [-0.39, 0.29) is 29.7 Å². The lowest BCUT2D eigenvalue weighted by Gasteiger charge is -2.25. The minimum Gasteiger partial charge on any atom is -0.365 e. The number of hydrogen-bond acceptors (Lipinski definition) is 5. The molecule has 2 aromatic carbocycles. The maximum Gasteiger partial charge on any atom is 0.278 e. The molecule has 2 aromatic heterocycles. The first kappa shape index (κ1) is 16.8. The molecule has 28 heavy (non-hydrogen) atoms. The second-order valence-corrected chi connectivity index (χ2v) is 6.42. The maximum absolute atomic E-state index is 14.0. The third-order valence-corrected chi connectivity index (χ3v) is 4.73. The first-order valence-corrected chi connectivity index (χ1v) is 8.69. The van der Waals surface area contributed by atoms with Crippen molar-refractivity contribution in [3.05, 3.63) is 77.8 Å². The molecule has 4 aromatic rings. The van der Waals surface area contributed by atoms with Crippen LogP contribution in [0.25, 0.3) is 23.0 Å². The van der Waals surface area contributed by atoms with Crippen LogP contribution in [0.3, 0.4) is 0 Å². The summed E-state index contributed by atoms with van der Waals surface area (Å²) in [6, 6.07) is 12.7. The van der Waals surface area contributed by atoms with Gasteiger partial charge in [0.05, 0.1) is 30.7 Å². The van der Waals surface area contributed by atoms with Crippen molar-refractivity contribution < 1.29 is 18.0 Å². The number of fused-ring (bicyclic) bond motifs is 1. The van der Waals surface area contributed by atoms with Crippen LogP contribution in [0.1, 0.15) is 17.4 Å². The summed E-state index contributed by atoms with van der Waals surface area (Å²) >= 11 is 0. The van der Waals surface area contributed by atoms with Crippen molar-refractivity contribution in [1.29, 1.82) is 0 Å². The Hall–Kier alpha value is -3.39. The molecule has 0 aliphatic carbocycles. The Morgan fingerprint density at radius 1 is 1.00 bits per heavy atom. The maximum atomic E-state index is 14.0. The highest BCUT2D eigenvalue weighted by molar-refractivity contribution is 5.59. The Kier molecular flexibility index (Phi) is 3.98. The highest BCUT2D eigenvalue weighted by atomic mass is 19.1. The van der Waals surface area contributed by atoms with Gasteiger partial charge in [0.15, 0.2) is 5.69 Å². The average molecular weight is 380 g/mol. The van der Waals surface area contributed by atoms with Crippen molar-refractivity contribution in [2.24, 2.45) is 0 Å². The smallest absolute Gasteiger partial charge is 0.278 e. The van der Waals surface area contributed by atoms with E-state index in [2.05, 4.69) is 15.1 Å². The van der Waals surface area contributed by atoms with Gasteiger partial charge in [0.25, 0.3) is 5.89 Å². The van der Waals surface area contributed by atoms with E-state index in [1.54, 1.807) is 42.7 Å². The molecule has 3 heterocycles. The third kappa shape index (κ3) is 2.78. The van der Waals surface area contributed by atoms with Crippen molar-refractivity contribution in [2.45, 2.75) is 19.3 Å². The van der Waals surface area contributed by atoms with Crippen LogP contribution >= 0.6 is 0 Å². The molecule has 1 atom stereocenters. The van der Waals surface area contributed by atoms with Crippen LogP contribution in [0, 0.1) is 11.6 Å². The van der Waals surface area contributed by atoms with E-state index in [1.807, 2.05) is 4.57 Å². The summed E-state index contributed by atoms with van der Waals surface area (Å²) < 4.78 is 41.0. The number of aromatic nitrogens is 4. The van der Waals surface area contributed by atoms with Crippen LogP contribution in [0.15, 0.2) is 59.4 Å². The third-order valence-electron chi connectivity index (χ3n) is 4.73. The minimum absolute atomic E-state index is 0.149. The molecule has 0 saturated heterocycles. The first-order valence-electron chi connectivity index (χ1n) is 8.69. The highest BCUT2D eigenvalue weighted by Crippen LogP contribution is 2.32. The van der Waals surface area contributed by atoms with Gasteiger partial charge in [-0.05, 0) is 18.2 Å². The molecule has 140 valence electrons. The van der Waals surface area contributed by atoms with E-state index in [0.717, 1.165) is 5.69 Å². The van der Waals surface area contributed by atoms with Gasteiger partial charge in [-0.15, -0.1) is 0 Å². The summed E-state index contributed by atoms with van der Waals surface area (Å²) in [5.41, 5.74) is 1.97. The first-order chi connectivity index (χ1) is 13.7. The van der Waals surface area contributed by atoms with Crippen LogP contribution in [0.4, 0.5) is 8.78 Å². The van der Waals surface area contributed by atoms with Crippen LogP contribution < -0.4 is 0 Å². The van der Waals surface area contributed by atoms with Gasteiger partial charge in [-0.1, -0.05) is 35.5 Å². The molecule has 5 rings (SSSR count). The molecule has 8 heteroatoms. The molecular weight excluding hydrogens is 366 g/mol. The number of benzene rings is 2. The van der Waals surface area contributed by atoms with E-state index < -0.39 is 11.9 Å². The van der Waals surface area contributed by atoms with Crippen molar-refractivity contribution in [3.63, 3.8) is 0 Å². The molecule has 0 unspecified atom stereocenters. The lowest BCUT2D eigenvalue weighted by atomic mass is 10.1. The molecule has 0 N–H and O–H groups in total. The summed E-state index contributed by atoms with van der Waals surface area (Å²) in [4.78, 5) is 8.62. The quantitative estimate of drug-likeness (QED) is 0.534. The summed E-state index contributed by atoms with van der Waals surface area (Å²) in [7, 11) is 0. The monoisotopic (exact) mass is 380 g/mol. The molecular formula is C20H14F2N4O2. The summed E-state index contributed by atoms with van der Waals surface area (Å²) in [5.74, 6) is -0.406. The normalized spacial score (nSPS) is 16.1. The van der Waals surface area contributed by atoms with Gasteiger partial charge >= 0.3 is 0 Å². The zero-order chi connectivity index (χ0) is 19.1. The van der Waals surface area contributed by atoms with Gasteiger partial charge in [-0.3, -0.25) is 0 Å². The molecule has 0 bridgehead atoms. The molecule has 0 amide bonds. The number of halogens is 2. The Labute approximate surface area is 158 Å². The van der Waals surface area contributed by atoms with Crippen LogP contribution in [-0.4, -0.2) is 19.7 Å². The Bertz CT molecular complexity index is 1150. The second-order valence-electron chi connectivity index (χ2n) is 6.42. The minimum atomic E-state index is -0.433. The lowest BCUT2D eigenvalue weighted by Crippen LogP contribution is -2.21. The lowest BCUT2D eigenvalue weighted by molar-refractivity contribution is 0.00126. The molecule has 6 nitrogen and oxygen atoms in total. The topological polar surface area (TPSA) is 66.0 Å². The predicted molar refractivity (Wildman–Crippen MR) is 94.8 cm³/mol. The van der Waals surface area contributed by atoms with E-state index in [9.17, 15) is 8.78 Å². The zero-order valence-electron chi connectivity index (χ0n) is 14.5. The van der Waals surface area contributed by atoms with Crippen molar-refractivity contribution in [3.8, 4) is 23.0 Å². The number of ether oxygens (including phenoxy) is 1. The van der Waals surface area contributed by atoms with Gasteiger partial charge in [0.2, 0.25) is 5.82 Å². The number of rotatable bonds is 3. The summed E-state index contributed by atoms with van der Waals surface area (Å²) in [6.07, 6.45) is 1.22. The molecule has 0 saturated carbocycles. The van der Waals surface area contributed by atoms with Crippen LogP contribution in [-0.2, 0) is 17.9 Å². The molecule has 0 spiro atoms. The van der Waals surface area contributed by atoms with Crippen molar-refractivity contribution >= 4 is 0 Å². The number of nitrogens with zero attached hydrogens (tertiary/aromatic N) is 4. The van der Waals surface area contributed by atoms with Gasteiger partial charge in [-0.2, -0.15) is 4.98 Å². The number of imidazole rings is 1. The Morgan fingerprint density at radius 2 is 1.79 bits per heavy atom. The van der Waals surface area contributed by atoms with E-state index in [0.29, 0.717) is 17.8 Å². The van der Waals surface area contributed by atoms with E-state index in [1.165, 1.54) is 12.1 Å². The molecule has 1 aliphatic rings. The van der Waals surface area contributed by atoms with E-state index in [4.69, 9.17) is 9.26 Å². The summed E-state index contributed by atoms with van der Waals surface area (Å²) in [6.45, 7) is 0.628. The van der Waals surface area contributed by atoms with Gasteiger partial charge in [0, 0.05) is 5.56 Å². The van der Waals surface area contributed by atoms with Gasteiger partial charge < -0.3 is 13.8 Å². The largest absolute Gasteiger partial charge is 0.365 e. The molecule has 0 radical (unpaired) electrons. The van der Waals surface area contributed by atoms with E-state index >= 15 is 0 Å². The Balaban J connectivity index is 1.45. The van der Waals surface area contributed by atoms with Crippen LogP contribution in [0.2, 0.25) is 0 Å². The Morgan fingerprint density at radius 3 is 2.61 bits per heavy atom. The van der Waals surface area contributed by atoms with Gasteiger partial charge in [0.1, 0.15) is 17.7 Å². The fourth-order valence-corrected chi connectivity index (χ4v) is 3.30. The number of hydrogen-bond donors (Lipinski definition) is 0. The fourth-order valence-electron chi connectivity index (χ4n) is 3.30. The molecule has 0 fully saturated rings. The van der Waals surface area contributed by atoms with Crippen molar-refractivity contribution in [2.75, 3.05) is 0 Å². The fraction of sp³-hybridized carbons (Fsp3) is 0.150. The summed E-state index contributed by atoms with van der Waals surface area (Å²) in [5, 5.41) is 3.86.